The maximum Gasteiger partial charge on any atom is 0.328 e. The zero-order valence-corrected chi connectivity index (χ0v) is 17.1. The van der Waals surface area contributed by atoms with E-state index in [4.69, 9.17) is 4.74 Å². The minimum atomic E-state index is -3.62. The van der Waals surface area contributed by atoms with Gasteiger partial charge in [0.1, 0.15) is 6.04 Å². The van der Waals surface area contributed by atoms with E-state index in [2.05, 4.69) is 5.32 Å². The quantitative estimate of drug-likeness (QED) is 0.713. The van der Waals surface area contributed by atoms with Crippen molar-refractivity contribution in [2.45, 2.75) is 51.0 Å². The van der Waals surface area contributed by atoms with E-state index in [1.165, 1.54) is 23.5 Å². The van der Waals surface area contributed by atoms with Gasteiger partial charge in [-0.25, -0.2) is 13.2 Å². The second-order valence-corrected chi connectivity index (χ2v) is 8.89. The van der Waals surface area contributed by atoms with Gasteiger partial charge in [0.15, 0.2) is 0 Å². The van der Waals surface area contributed by atoms with Gasteiger partial charge in [-0.2, -0.15) is 4.31 Å². The highest BCUT2D eigenvalue weighted by molar-refractivity contribution is 7.89. The van der Waals surface area contributed by atoms with Crippen LogP contribution in [0.2, 0.25) is 0 Å². The Bertz CT molecular complexity index is 800. The highest BCUT2D eigenvalue weighted by atomic mass is 32.2. The van der Waals surface area contributed by atoms with Gasteiger partial charge >= 0.3 is 5.97 Å². The van der Waals surface area contributed by atoms with Gasteiger partial charge in [0.2, 0.25) is 10.0 Å². The number of aryl methyl sites for hydroxylation is 1. The molecule has 1 heterocycles. The predicted octanol–water partition coefficient (Wildman–Crippen LogP) is 2.10. The van der Waals surface area contributed by atoms with Crippen molar-refractivity contribution >= 4 is 21.9 Å². The Kier molecular flexibility index (Phi) is 7.00. The molecular formula is C19H28N2O5S. The Labute approximate surface area is 161 Å². The van der Waals surface area contributed by atoms with Gasteiger partial charge in [-0.3, -0.25) is 4.79 Å². The summed E-state index contributed by atoms with van der Waals surface area (Å²) in [6, 6.07) is 3.75. The molecule has 1 amide bonds. The van der Waals surface area contributed by atoms with E-state index in [9.17, 15) is 18.0 Å². The van der Waals surface area contributed by atoms with E-state index in [1.807, 2.05) is 13.8 Å². The number of carbonyl (C=O) groups is 2. The largest absolute Gasteiger partial charge is 0.467 e. The SMILES string of the molecule is CC[C@H](C)[C@H](NC(=O)c1cc(S(=O)(=O)N2CCCC2)ccc1C)C(=O)OC. The molecule has 1 aromatic carbocycles. The van der Waals surface area contributed by atoms with Crippen molar-refractivity contribution in [2.75, 3.05) is 20.2 Å². The third kappa shape index (κ3) is 4.68. The molecule has 2 rings (SSSR count). The lowest BCUT2D eigenvalue weighted by molar-refractivity contribution is -0.144. The summed E-state index contributed by atoms with van der Waals surface area (Å²) in [6.45, 7) is 6.49. The molecule has 1 N–H and O–H groups in total. The fourth-order valence-electron chi connectivity index (χ4n) is 3.10. The first-order valence-corrected chi connectivity index (χ1v) is 10.7. The van der Waals surface area contributed by atoms with Gasteiger partial charge in [0, 0.05) is 18.7 Å². The lowest BCUT2D eigenvalue weighted by atomic mass is 9.98. The van der Waals surface area contributed by atoms with Crippen LogP contribution in [0.3, 0.4) is 0 Å². The molecule has 1 aliphatic heterocycles. The maximum absolute atomic E-state index is 12.8. The zero-order chi connectivity index (χ0) is 20.2. The van der Waals surface area contributed by atoms with Crippen LogP contribution >= 0.6 is 0 Å². The number of rotatable bonds is 7. The third-order valence-corrected chi connectivity index (χ3v) is 7.01. The van der Waals surface area contributed by atoms with Crippen molar-refractivity contribution in [3.8, 4) is 0 Å². The maximum atomic E-state index is 12.8. The standard InChI is InChI=1S/C19H28N2O5S/c1-5-13(2)17(19(23)26-4)20-18(22)16-12-15(9-8-14(16)3)27(24,25)21-10-6-7-11-21/h8-9,12-13,17H,5-7,10-11H2,1-4H3,(H,20,22)/t13-,17-/m0/s1. The number of nitrogens with zero attached hydrogens (tertiary/aromatic N) is 1. The van der Waals surface area contributed by atoms with Crippen molar-refractivity contribution in [3.63, 3.8) is 0 Å². The Balaban J connectivity index is 2.31. The summed E-state index contributed by atoms with van der Waals surface area (Å²) >= 11 is 0. The molecule has 8 heteroatoms. The highest BCUT2D eigenvalue weighted by Gasteiger charge is 2.30. The summed E-state index contributed by atoms with van der Waals surface area (Å²) in [5, 5.41) is 2.70. The molecule has 0 radical (unpaired) electrons. The molecule has 0 spiro atoms. The minimum Gasteiger partial charge on any atom is -0.467 e. The Morgan fingerprint density at radius 2 is 1.89 bits per heavy atom. The molecule has 0 saturated carbocycles. The second-order valence-electron chi connectivity index (χ2n) is 6.95. The van der Waals surface area contributed by atoms with Crippen molar-refractivity contribution in [2.24, 2.45) is 5.92 Å². The minimum absolute atomic E-state index is 0.0957. The molecule has 0 unspecified atom stereocenters. The van der Waals surface area contributed by atoms with E-state index in [1.54, 1.807) is 13.0 Å². The second kappa shape index (κ2) is 8.84. The first kappa shape index (κ1) is 21.4. The summed E-state index contributed by atoms with van der Waals surface area (Å²) in [6.07, 6.45) is 2.37. The van der Waals surface area contributed by atoms with Crippen molar-refractivity contribution in [3.05, 3.63) is 29.3 Å². The molecule has 2 atom stereocenters. The van der Waals surface area contributed by atoms with Crippen LogP contribution in [0.5, 0.6) is 0 Å². The molecule has 0 aliphatic carbocycles. The van der Waals surface area contributed by atoms with Crippen LogP contribution < -0.4 is 5.32 Å². The topological polar surface area (TPSA) is 92.8 Å². The molecule has 1 aromatic rings. The smallest absolute Gasteiger partial charge is 0.328 e. The van der Waals surface area contributed by atoms with Crippen LogP contribution in [0, 0.1) is 12.8 Å². The number of benzene rings is 1. The van der Waals surface area contributed by atoms with Crippen LogP contribution in [0.25, 0.3) is 0 Å². The van der Waals surface area contributed by atoms with Crippen LogP contribution in [0.4, 0.5) is 0 Å². The molecule has 1 fully saturated rings. The summed E-state index contributed by atoms with van der Waals surface area (Å²) in [5.74, 6) is -1.11. The number of esters is 1. The van der Waals surface area contributed by atoms with E-state index in [0.29, 0.717) is 25.1 Å². The molecular weight excluding hydrogens is 368 g/mol. The molecule has 1 saturated heterocycles. The Hall–Kier alpha value is -1.93. The number of amides is 1. The predicted molar refractivity (Wildman–Crippen MR) is 102 cm³/mol. The van der Waals surface area contributed by atoms with Gasteiger partial charge in [0.25, 0.3) is 5.91 Å². The monoisotopic (exact) mass is 396 g/mol. The first-order chi connectivity index (χ1) is 12.7. The molecule has 27 heavy (non-hydrogen) atoms. The number of ether oxygens (including phenoxy) is 1. The number of sulfonamides is 1. The summed E-state index contributed by atoms with van der Waals surface area (Å²) in [7, 11) is -2.34. The number of hydrogen-bond acceptors (Lipinski definition) is 5. The number of carbonyl (C=O) groups excluding carboxylic acids is 2. The van der Waals surface area contributed by atoms with Gasteiger partial charge in [0.05, 0.1) is 12.0 Å². The van der Waals surface area contributed by atoms with Gasteiger partial charge in [-0.1, -0.05) is 26.3 Å². The van der Waals surface area contributed by atoms with E-state index >= 15 is 0 Å². The number of nitrogens with one attached hydrogen (secondary N) is 1. The van der Waals surface area contributed by atoms with Crippen molar-refractivity contribution in [1.29, 1.82) is 0 Å². The lowest BCUT2D eigenvalue weighted by Crippen LogP contribution is -2.45. The number of hydrogen-bond donors (Lipinski definition) is 1. The Morgan fingerprint density at radius 3 is 2.44 bits per heavy atom. The highest BCUT2D eigenvalue weighted by Crippen LogP contribution is 2.23. The summed E-state index contributed by atoms with van der Waals surface area (Å²) in [4.78, 5) is 24.9. The number of methoxy groups -OCH3 is 1. The van der Waals surface area contributed by atoms with Crippen molar-refractivity contribution in [1.82, 2.24) is 9.62 Å². The van der Waals surface area contributed by atoms with Gasteiger partial charge in [-0.05, 0) is 43.4 Å². The van der Waals surface area contributed by atoms with Crippen LogP contribution in [0.15, 0.2) is 23.1 Å². The Morgan fingerprint density at radius 1 is 1.26 bits per heavy atom. The van der Waals surface area contributed by atoms with Crippen molar-refractivity contribution < 1.29 is 22.7 Å². The van der Waals surface area contributed by atoms with Crippen LogP contribution in [-0.2, 0) is 19.6 Å². The molecule has 7 nitrogen and oxygen atoms in total. The van der Waals surface area contributed by atoms with E-state index in [-0.39, 0.29) is 16.4 Å². The summed E-state index contributed by atoms with van der Waals surface area (Å²) < 4.78 is 31.8. The fraction of sp³-hybridized carbons (Fsp3) is 0.579. The van der Waals surface area contributed by atoms with E-state index < -0.39 is 27.9 Å². The molecule has 0 bridgehead atoms. The zero-order valence-electron chi connectivity index (χ0n) is 16.3. The van der Waals surface area contributed by atoms with Gasteiger partial charge < -0.3 is 10.1 Å². The van der Waals surface area contributed by atoms with Crippen LogP contribution in [0.1, 0.15) is 49.0 Å². The normalized spacial score (nSPS) is 17.3. The average Bonchev–Trinajstić information content (AvgIpc) is 3.20. The van der Waals surface area contributed by atoms with Gasteiger partial charge in [-0.15, -0.1) is 0 Å². The lowest BCUT2D eigenvalue weighted by Gasteiger charge is -2.22. The average molecular weight is 397 g/mol. The van der Waals surface area contributed by atoms with E-state index in [0.717, 1.165) is 12.8 Å². The molecule has 1 aliphatic rings. The van der Waals surface area contributed by atoms with Crippen LogP contribution in [-0.4, -0.2) is 50.8 Å². The molecule has 0 aromatic heterocycles. The first-order valence-electron chi connectivity index (χ1n) is 9.21. The fourth-order valence-corrected chi connectivity index (χ4v) is 4.64. The molecule has 150 valence electrons. The summed E-state index contributed by atoms with van der Waals surface area (Å²) in [5.41, 5.74) is 0.883. The third-order valence-electron chi connectivity index (χ3n) is 5.11.